The number of aliphatic hydroxyl groups is 1. The zero-order chi connectivity index (χ0) is 47.6. The lowest BCUT2D eigenvalue weighted by Gasteiger charge is -2.35. The maximum absolute atomic E-state index is 13.9. The Balaban J connectivity index is 0.854. The van der Waals surface area contributed by atoms with Gasteiger partial charge in [0.1, 0.15) is 30.0 Å². The van der Waals surface area contributed by atoms with Crippen LogP contribution in [0.4, 0.5) is 11.4 Å². The number of aryl methyl sites for hydroxylation is 1. The Bertz CT molecular complexity index is 2380. The second-order valence-electron chi connectivity index (χ2n) is 18.0. The fourth-order valence-electron chi connectivity index (χ4n) is 7.86. The highest BCUT2D eigenvalue weighted by Gasteiger charge is 2.50. The normalized spacial score (nSPS) is 17.5. The summed E-state index contributed by atoms with van der Waals surface area (Å²) in [7, 11) is 0. The lowest BCUT2D eigenvalue weighted by atomic mass is 9.85. The van der Waals surface area contributed by atoms with E-state index in [-0.39, 0.29) is 44.5 Å². The number of nitriles is 1. The van der Waals surface area contributed by atoms with E-state index in [4.69, 9.17) is 26.4 Å². The topological polar surface area (TPSA) is 187 Å². The van der Waals surface area contributed by atoms with Gasteiger partial charge in [-0.15, -0.1) is 11.3 Å². The first kappa shape index (κ1) is 49.7. The number of thiazole rings is 1. The molecule has 3 atom stereocenters. The predicted octanol–water partition coefficient (Wildman–Crippen LogP) is 6.30. The highest BCUT2D eigenvalue weighted by atomic mass is 32.1. The fraction of sp³-hybridized carbons (Fsp3) is 0.449. The number of nitrogens with one attached hydrogen (secondary N) is 2. The van der Waals surface area contributed by atoms with Gasteiger partial charge in [0.05, 0.1) is 40.4 Å². The van der Waals surface area contributed by atoms with E-state index in [1.54, 1.807) is 41.2 Å². The Kier molecular flexibility index (Phi) is 16.7. The van der Waals surface area contributed by atoms with E-state index in [2.05, 4.69) is 21.7 Å². The standard InChI is InChI=1S/C49H59N7O8S2/c1-32-24-37(15-14-35(32)26-50)55-46(61)49(5,6)56(47(55)65)36-16-18-39(19-17-36)64-23-8-7-20-62-21-9-22-63-30-42(58)53-43(48(2,3)4)45(60)54-29-38(57)25-40(54)44(59)52-27-33-10-12-34(13-11-33)41-28-51-31-66-41/h10-19,24,28,31,38,40,43,57H,7-9,20-23,25,27,29-30H2,1-6H3,(H,52,59)(H,53,58)/t38-,40+,43-/m1/s1. The van der Waals surface area contributed by atoms with Crippen molar-refractivity contribution in [1.82, 2.24) is 20.5 Å². The molecular weight excluding hydrogens is 879 g/mol. The minimum Gasteiger partial charge on any atom is -0.494 e. The molecule has 17 heteroatoms. The predicted molar refractivity (Wildman–Crippen MR) is 257 cm³/mol. The highest BCUT2D eigenvalue weighted by molar-refractivity contribution is 7.81. The maximum Gasteiger partial charge on any atom is 0.259 e. The number of carbonyl (C=O) groups is 4. The molecule has 2 aliphatic heterocycles. The van der Waals surface area contributed by atoms with Crippen molar-refractivity contribution in [2.24, 2.45) is 5.41 Å². The molecule has 66 heavy (non-hydrogen) atoms. The van der Waals surface area contributed by atoms with Crippen LogP contribution in [0.1, 0.15) is 77.0 Å². The number of nitrogens with zero attached hydrogens (tertiary/aromatic N) is 5. The third kappa shape index (κ3) is 12.2. The molecular formula is C49H59N7O8S2. The first-order valence-corrected chi connectivity index (χ1v) is 23.4. The number of carbonyl (C=O) groups excluding carboxylic acids is 4. The van der Waals surface area contributed by atoms with Crippen molar-refractivity contribution in [3.05, 3.63) is 95.1 Å². The molecule has 0 spiro atoms. The summed E-state index contributed by atoms with van der Waals surface area (Å²) >= 11 is 7.35. The van der Waals surface area contributed by atoms with Crippen molar-refractivity contribution in [2.45, 2.75) is 97.5 Å². The number of benzene rings is 3. The van der Waals surface area contributed by atoms with Gasteiger partial charge in [-0.1, -0.05) is 45.0 Å². The SMILES string of the molecule is Cc1cc(N2C(=O)C(C)(C)N(c3ccc(OCCCCOCCCOCC(=O)N[C@H](C(=O)N4C[C@H](O)C[C@H]4C(=O)NCc4ccc(-c5cncs5)cc4)C(C)(C)C)cc3)C2=S)ccc1C#N. The van der Waals surface area contributed by atoms with E-state index in [0.29, 0.717) is 48.4 Å². The van der Waals surface area contributed by atoms with Gasteiger partial charge < -0.3 is 39.8 Å². The molecule has 350 valence electrons. The van der Waals surface area contributed by atoms with Crippen LogP contribution in [0.3, 0.4) is 0 Å². The molecule has 3 heterocycles. The van der Waals surface area contributed by atoms with Gasteiger partial charge in [0.25, 0.3) is 5.91 Å². The molecule has 2 aliphatic rings. The zero-order valence-electron chi connectivity index (χ0n) is 38.4. The van der Waals surface area contributed by atoms with Crippen LogP contribution < -0.4 is 25.2 Å². The summed E-state index contributed by atoms with van der Waals surface area (Å²) in [6, 6.07) is 20.8. The first-order chi connectivity index (χ1) is 31.5. The van der Waals surface area contributed by atoms with Crippen LogP contribution >= 0.6 is 23.6 Å². The summed E-state index contributed by atoms with van der Waals surface area (Å²) in [4.78, 5) is 63.7. The number of β-amino-alcohol motifs (C(OH)–C–C–N with tert-alkyl or cyclic N) is 1. The van der Waals surface area contributed by atoms with Gasteiger partial charge in [-0.3, -0.25) is 29.1 Å². The van der Waals surface area contributed by atoms with Gasteiger partial charge in [-0.05, 0) is 117 Å². The summed E-state index contributed by atoms with van der Waals surface area (Å²) in [6.07, 6.45) is 3.16. The lowest BCUT2D eigenvalue weighted by Crippen LogP contribution is -2.58. The second kappa shape index (κ2) is 22.1. The average Bonchev–Trinajstić information content (AvgIpc) is 4.01. The van der Waals surface area contributed by atoms with Crippen LogP contribution in [0.15, 0.2) is 78.4 Å². The summed E-state index contributed by atoms with van der Waals surface area (Å²) in [5.74, 6) is -0.729. The Morgan fingerprint density at radius 1 is 0.985 bits per heavy atom. The quantitative estimate of drug-likeness (QED) is 0.0665. The van der Waals surface area contributed by atoms with Crippen molar-refractivity contribution in [3.63, 3.8) is 0 Å². The van der Waals surface area contributed by atoms with E-state index in [9.17, 15) is 29.5 Å². The Morgan fingerprint density at radius 3 is 2.33 bits per heavy atom. The Hall–Kier alpha value is -5.77. The number of likely N-dealkylation sites (tertiary alicyclic amines) is 1. The Labute approximate surface area is 396 Å². The minimum atomic E-state index is -0.953. The van der Waals surface area contributed by atoms with Crippen LogP contribution in [-0.2, 0) is 35.2 Å². The lowest BCUT2D eigenvalue weighted by molar-refractivity contribution is -0.144. The van der Waals surface area contributed by atoms with Crippen LogP contribution in [0, 0.1) is 23.7 Å². The number of hydrogen-bond acceptors (Lipinski definition) is 12. The molecule has 0 saturated carbocycles. The van der Waals surface area contributed by atoms with E-state index >= 15 is 0 Å². The molecule has 2 saturated heterocycles. The summed E-state index contributed by atoms with van der Waals surface area (Å²) < 4.78 is 17.3. The fourth-order valence-corrected chi connectivity index (χ4v) is 9.01. The van der Waals surface area contributed by atoms with Crippen LogP contribution in [0.25, 0.3) is 10.4 Å². The van der Waals surface area contributed by atoms with Gasteiger partial charge in [-0.25, -0.2) is 0 Å². The summed E-state index contributed by atoms with van der Waals surface area (Å²) in [5, 5.41) is 25.9. The zero-order valence-corrected chi connectivity index (χ0v) is 40.0. The monoisotopic (exact) mass is 937 g/mol. The molecule has 0 aliphatic carbocycles. The van der Waals surface area contributed by atoms with E-state index in [1.807, 2.05) is 95.0 Å². The summed E-state index contributed by atoms with van der Waals surface area (Å²) in [5.41, 5.74) is 4.78. The van der Waals surface area contributed by atoms with E-state index in [1.165, 1.54) is 9.80 Å². The molecule has 0 unspecified atom stereocenters. The summed E-state index contributed by atoms with van der Waals surface area (Å²) in [6.45, 7) is 12.8. The molecule has 4 amide bonds. The van der Waals surface area contributed by atoms with Gasteiger partial charge in [0.2, 0.25) is 17.7 Å². The van der Waals surface area contributed by atoms with Crippen molar-refractivity contribution >= 4 is 63.7 Å². The van der Waals surface area contributed by atoms with Gasteiger partial charge in [0.15, 0.2) is 5.11 Å². The largest absolute Gasteiger partial charge is 0.494 e. The molecule has 15 nitrogen and oxygen atoms in total. The number of aromatic nitrogens is 1. The maximum atomic E-state index is 13.9. The van der Waals surface area contributed by atoms with Crippen molar-refractivity contribution in [1.29, 1.82) is 5.26 Å². The number of thiocarbonyl (C=S) groups is 1. The number of unbranched alkanes of at least 4 members (excludes halogenated alkanes) is 1. The van der Waals surface area contributed by atoms with Crippen LogP contribution in [-0.4, -0.2) is 107 Å². The number of aliphatic hydroxyl groups excluding tert-OH is 1. The molecule has 3 aromatic carbocycles. The van der Waals surface area contributed by atoms with E-state index in [0.717, 1.165) is 40.1 Å². The molecule has 1 aromatic heterocycles. The van der Waals surface area contributed by atoms with Crippen LogP contribution in [0.5, 0.6) is 5.75 Å². The number of anilines is 2. The Morgan fingerprint density at radius 2 is 1.67 bits per heavy atom. The molecule has 0 radical (unpaired) electrons. The number of ether oxygens (including phenoxy) is 3. The average molecular weight is 938 g/mol. The second-order valence-corrected chi connectivity index (χ2v) is 19.3. The van der Waals surface area contributed by atoms with Crippen LogP contribution in [0.2, 0.25) is 0 Å². The third-order valence-electron chi connectivity index (χ3n) is 11.5. The van der Waals surface area contributed by atoms with Crippen molar-refractivity contribution in [3.8, 4) is 22.3 Å². The molecule has 6 rings (SSSR count). The van der Waals surface area contributed by atoms with Gasteiger partial charge >= 0.3 is 0 Å². The third-order valence-corrected chi connectivity index (χ3v) is 12.7. The van der Waals surface area contributed by atoms with Crippen molar-refractivity contribution < 1.29 is 38.5 Å². The number of hydrogen-bond donors (Lipinski definition) is 3. The van der Waals surface area contributed by atoms with Gasteiger partial charge in [0, 0.05) is 51.2 Å². The highest BCUT2D eigenvalue weighted by Crippen LogP contribution is 2.37. The molecule has 3 N–H and O–H groups in total. The molecule has 4 aromatic rings. The number of amides is 4. The number of rotatable bonds is 20. The minimum absolute atomic E-state index is 0.0119. The first-order valence-electron chi connectivity index (χ1n) is 22.1. The molecule has 2 fully saturated rings. The van der Waals surface area contributed by atoms with E-state index < -0.39 is 41.0 Å². The molecule has 0 bridgehead atoms. The smallest absolute Gasteiger partial charge is 0.259 e. The van der Waals surface area contributed by atoms with Gasteiger partial charge in [-0.2, -0.15) is 5.26 Å². The van der Waals surface area contributed by atoms with Crippen molar-refractivity contribution in [2.75, 3.05) is 49.4 Å².